The highest BCUT2D eigenvalue weighted by molar-refractivity contribution is 5.51. The van der Waals surface area contributed by atoms with Crippen molar-refractivity contribution < 1.29 is 5.11 Å². The molecule has 1 aliphatic heterocycles. The summed E-state index contributed by atoms with van der Waals surface area (Å²) in [6.45, 7) is 9.69. The van der Waals surface area contributed by atoms with Crippen LogP contribution in [0.5, 0.6) is 0 Å². The molecular weight excluding hydrogens is 222 g/mol. The first-order valence-corrected chi connectivity index (χ1v) is 6.96. The minimum absolute atomic E-state index is 0.137. The van der Waals surface area contributed by atoms with E-state index in [2.05, 4.69) is 56.9 Å². The molecule has 1 unspecified atom stereocenters. The van der Waals surface area contributed by atoms with Crippen molar-refractivity contribution in [2.45, 2.75) is 58.1 Å². The molecule has 1 saturated heterocycles. The lowest BCUT2D eigenvalue weighted by atomic mass is 9.88. The minimum atomic E-state index is -0.192. The lowest BCUT2D eigenvalue weighted by molar-refractivity contribution is 0.126. The van der Waals surface area contributed by atoms with E-state index in [1.165, 1.54) is 11.3 Å². The lowest BCUT2D eigenvalue weighted by Gasteiger charge is -2.46. The van der Waals surface area contributed by atoms with E-state index in [4.69, 9.17) is 0 Å². The van der Waals surface area contributed by atoms with Crippen LogP contribution < -0.4 is 4.90 Å². The maximum atomic E-state index is 9.87. The van der Waals surface area contributed by atoms with Gasteiger partial charge >= 0.3 is 0 Å². The second kappa shape index (κ2) is 4.93. The molecule has 0 saturated carbocycles. The topological polar surface area (TPSA) is 23.5 Å². The molecule has 1 fully saturated rings. The van der Waals surface area contributed by atoms with Crippen molar-refractivity contribution in [2.75, 3.05) is 11.4 Å². The molecule has 2 heteroatoms. The molecule has 0 radical (unpaired) electrons. The molecule has 2 rings (SSSR count). The molecule has 0 amide bonds. The second-order valence-electron chi connectivity index (χ2n) is 6.36. The third kappa shape index (κ3) is 2.69. The van der Waals surface area contributed by atoms with Gasteiger partial charge in [-0.15, -0.1) is 0 Å². The summed E-state index contributed by atoms with van der Waals surface area (Å²) in [7, 11) is 0. The zero-order valence-corrected chi connectivity index (χ0v) is 12.0. The second-order valence-corrected chi connectivity index (χ2v) is 6.36. The van der Waals surface area contributed by atoms with Gasteiger partial charge in [-0.25, -0.2) is 0 Å². The molecule has 0 spiro atoms. The number of aliphatic hydroxyl groups excluding tert-OH is 1. The molecule has 0 bridgehead atoms. The molecule has 0 aliphatic carbocycles. The fourth-order valence-electron chi connectivity index (χ4n) is 2.70. The zero-order valence-electron chi connectivity index (χ0n) is 12.0. The maximum Gasteiger partial charge on any atom is 0.0716 e. The van der Waals surface area contributed by atoms with Gasteiger partial charge in [-0.1, -0.05) is 26.0 Å². The normalized spacial score (nSPS) is 23.4. The molecule has 1 heterocycles. The fraction of sp³-hybridized carbons (Fsp3) is 0.625. The average molecular weight is 247 g/mol. The van der Waals surface area contributed by atoms with Gasteiger partial charge in [0.1, 0.15) is 0 Å². The highest BCUT2D eigenvalue weighted by atomic mass is 16.3. The number of benzene rings is 1. The number of hydrogen-bond acceptors (Lipinski definition) is 2. The van der Waals surface area contributed by atoms with Crippen LogP contribution in [0.4, 0.5) is 5.69 Å². The summed E-state index contributed by atoms with van der Waals surface area (Å²) in [5.41, 5.74) is 2.73. The van der Waals surface area contributed by atoms with Gasteiger partial charge in [0.25, 0.3) is 0 Å². The smallest absolute Gasteiger partial charge is 0.0716 e. The Morgan fingerprint density at radius 2 is 1.83 bits per heavy atom. The van der Waals surface area contributed by atoms with Gasteiger partial charge in [-0.05, 0) is 50.3 Å². The fourth-order valence-corrected chi connectivity index (χ4v) is 2.70. The van der Waals surface area contributed by atoms with Crippen LogP contribution >= 0.6 is 0 Å². The summed E-state index contributed by atoms with van der Waals surface area (Å²) in [5, 5.41) is 9.87. The van der Waals surface area contributed by atoms with E-state index >= 15 is 0 Å². The first-order valence-electron chi connectivity index (χ1n) is 6.96. The lowest BCUT2D eigenvalue weighted by Crippen LogP contribution is -2.52. The van der Waals surface area contributed by atoms with E-state index < -0.39 is 0 Å². The van der Waals surface area contributed by atoms with Gasteiger partial charge in [0.2, 0.25) is 0 Å². The van der Waals surface area contributed by atoms with Gasteiger partial charge < -0.3 is 10.0 Å². The quantitative estimate of drug-likeness (QED) is 0.864. The third-order valence-electron chi connectivity index (χ3n) is 4.08. The van der Waals surface area contributed by atoms with Crippen LogP contribution in [0, 0.1) is 0 Å². The monoisotopic (exact) mass is 247 g/mol. The van der Waals surface area contributed by atoms with Crippen molar-refractivity contribution in [3.05, 3.63) is 29.8 Å². The van der Waals surface area contributed by atoms with Gasteiger partial charge in [-0.3, -0.25) is 0 Å². The highest BCUT2D eigenvalue weighted by Gasteiger charge is 2.33. The predicted octanol–water partition coefficient (Wildman–Crippen LogP) is 3.55. The molecule has 0 aromatic heterocycles. The Morgan fingerprint density at radius 3 is 2.39 bits per heavy atom. The van der Waals surface area contributed by atoms with Crippen molar-refractivity contribution in [1.82, 2.24) is 0 Å². The Hall–Kier alpha value is -1.02. The third-order valence-corrected chi connectivity index (χ3v) is 4.08. The SMILES string of the molecule is CC(C)c1ccc(N2CC(O)CCC2(C)C)cc1. The van der Waals surface area contributed by atoms with Gasteiger partial charge in [0, 0.05) is 17.8 Å². The van der Waals surface area contributed by atoms with Gasteiger partial charge in [0.05, 0.1) is 6.10 Å². The molecular formula is C16H25NO. The van der Waals surface area contributed by atoms with Crippen LogP contribution in [-0.4, -0.2) is 23.3 Å². The molecule has 2 nitrogen and oxygen atoms in total. The molecule has 1 aromatic carbocycles. The maximum absolute atomic E-state index is 9.87. The summed E-state index contributed by atoms with van der Waals surface area (Å²) in [5.74, 6) is 0.569. The number of anilines is 1. The van der Waals surface area contributed by atoms with Crippen LogP contribution in [-0.2, 0) is 0 Å². The van der Waals surface area contributed by atoms with E-state index in [0.29, 0.717) is 5.92 Å². The first-order chi connectivity index (χ1) is 8.40. The average Bonchev–Trinajstić information content (AvgIpc) is 2.32. The molecule has 1 atom stereocenters. The van der Waals surface area contributed by atoms with Crippen molar-refractivity contribution in [2.24, 2.45) is 0 Å². The number of aliphatic hydroxyl groups is 1. The van der Waals surface area contributed by atoms with Gasteiger partial charge in [0.15, 0.2) is 0 Å². The Kier molecular flexibility index (Phi) is 3.67. The summed E-state index contributed by atoms with van der Waals surface area (Å²) in [6, 6.07) is 8.79. The van der Waals surface area contributed by atoms with Crippen LogP contribution in [0.1, 0.15) is 52.0 Å². The van der Waals surface area contributed by atoms with Crippen LogP contribution in [0.15, 0.2) is 24.3 Å². The van der Waals surface area contributed by atoms with E-state index in [0.717, 1.165) is 19.4 Å². The number of hydrogen-bond donors (Lipinski definition) is 1. The van der Waals surface area contributed by atoms with Crippen LogP contribution in [0.25, 0.3) is 0 Å². The molecule has 1 aliphatic rings. The van der Waals surface area contributed by atoms with Crippen molar-refractivity contribution in [1.29, 1.82) is 0 Å². The predicted molar refractivity (Wildman–Crippen MR) is 77.2 cm³/mol. The number of nitrogens with zero attached hydrogens (tertiary/aromatic N) is 1. The Bertz CT molecular complexity index is 394. The van der Waals surface area contributed by atoms with E-state index in [-0.39, 0.29) is 11.6 Å². The number of piperidine rings is 1. The van der Waals surface area contributed by atoms with E-state index in [9.17, 15) is 5.11 Å². The Morgan fingerprint density at radius 1 is 1.22 bits per heavy atom. The molecule has 18 heavy (non-hydrogen) atoms. The zero-order chi connectivity index (χ0) is 13.3. The number of β-amino-alcohol motifs (C(OH)–C–C–N with tert-alkyl or cyclic N) is 1. The van der Waals surface area contributed by atoms with Crippen molar-refractivity contribution in [3.63, 3.8) is 0 Å². The van der Waals surface area contributed by atoms with Crippen LogP contribution in [0.3, 0.4) is 0 Å². The van der Waals surface area contributed by atoms with Crippen molar-refractivity contribution >= 4 is 5.69 Å². The first kappa shape index (κ1) is 13.4. The highest BCUT2D eigenvalue weighted by Crippen LogP contribution is 2.33. The minimum Gasteiger partial charge on any atom is -0.391 e. The van der Waals surface area contributed by atoms with E-state index in [1.807, 2.05) is 0 Å². The Labute approximate surface area is 111 Å². The van der Waals surface area contributed by atoms with Crippen LogP contribution in [0.2, 0.25) is 0 Å². The summed E-state index contributed by atoms with van der Waals surface area (Å²) in [6.07, 6.45) is 1.76. The molecule has 1 N–H and O–H groups in total. The summed E-state index contributed by atoms with van der Waals surface area (Å²) < 4.78 is 0. The Balaban J connectivity index is 2.23. The summed E-state index contributed by atoms with van der Waals surface area (Å²) in [4.78, 5) is 2.34. The van der Waals surface area contributed by atoms with Crippen molar-refractivity contribution in [3.8, 4) is 0 Å². The largest absolute Gasteiger partial charge is 0.391 e. The van der Waals surface area contributed by atoms with E-state index in [1.54, 1.807) is 0 Å². The molecule has 1 aromatic rings. The number of rotatable bonds is 2. The van der Waals surface area contributed by atoms with Gasteiger partial charge in [-0.2, -0.15) is 0 Å². The summed E-state index contributed by atoms with van der Waals surface area (Å²) >= 11 is 0. The standard InChI is InChI=1S/C16H25NO/c1-12(2)13-5-7-14(8-6-13)17-11-15(18)9-10-16(17,3)4/h5-8,12,15,18H,9-11H2,1-4H3. The molecule has 100 valence electrons.